The zero-order chi connectivity index (χ0) is 13.5. The maximum atomic E-state index is 12.4. The molecule has 1 aliphatic rings. The summed E-state index contributed by atoms with van der Waals surface area (Å²) < 4.78 is 0. The van der Waals surface area contributed by atoms with Gasteiger partial charge >= 0.3 is 0 Å². The highest BCUT2D eigenvalue weighted by molar-refractivity contribution is 6.18. The number of carbonyl (C=O) groups excluding carboxylic acids is 1. The van der Waals surface area contributed by atoms with Crippen LogP contribution in [0.5, 0.6) is 0 Å². The maximum absolute atomic E-state index is 12.4. The van der Waals surface area contributed by atoms with Crippen LogP contribution in [0.1, 0.15) is 39.5 Å². The van der Waals surface area contributed by atoms with Gasteiger partial charge in [-0.1, -0.05) is 6.07 Å². The summed E-state index contributed by atoms with van der Waals surface area (Å²) in [6, 6.07) is 2.09. The third-order valence-electron chi connectivity index (χ3n) is 4.06. The van der Waals surface area contributed by atoms with Crippen molar-refractivity contribution in [1.29, 1.82) is 0 Å². The molecule has 0 aromatic heterocycles. The largest absolute Gasteiger partial charge is 0.395 e. The first-order chi connectivity index (χ1) is 8.44. The second kappa shape index (κ2) is 4.67. The number of Topliss-reactive ketones (excluding diaryl/α,β-unsaturated/α-hetero) is 1. The Kier molecular flexibility index (Phi) is 3.52. The van der Waals surface area contributed by atoms with E-state index in [0.29, 0.717) is 12.3 Å². The lowest BCUT2D eigenvalue weighted by Crippen LogP contribution is -2.28. The highest BCUT2D eigenvalue weighted by Crippen LogP contribution is 2.39. The molecular weight excluding hydrogens is 248 g/mol. The van der Waals surface area contributed by atoms with Crippen molar-refractivity contribution in [1.82, 2.24) is 0 Å². The van der Waals surface area contributed by atoms with Crippen LogP contribution in [0.25, 0.3) is 0 Å². The summed E-state index contributed by atoms with van der Waals surface area (Å²) in [5.41, 5.74) is 4.68. The molecule has 98 valence electrons. The van der Waals surface area contributed by atoms with Crippen LogP contribution in [0.3, 0.4) is 0 Å². The molecular formula is C15H19ClO2. The van der Waals surface area contributed by atoms with Gasteiger partial charge in [-0.05, 0) is 55.9 Å². The van der Waals surface area contributed by atoms with E-state index in [1.165, 1.54) is 11.1 Å². The fraction of sp³-hybridized carbons (Fsp3) is 0.533. The SMILES string of the molecule is Cc1cc2c(c(C)c1CCCl)C(=O)[C@](C)(CO)C2. The molecule has 0 saturated carbocycles. The molecule has 1 aliphatic carbocycles. The molecule has 1 atom stereocenters. The molecule has 3 heteroatoms. The van der Waals surface area contributed by atoms with Gasteiger partial charge in [0.1, 0.15) is 0 Å². The Bertz CT molecular complexity index is 508. The van der Waals surface area contributed by atoms with E-state index < -0.39 is 5.41 Å². The van der Waals surface area contributed by atoms with Crippen molar-refractivity contribution in [3.63, 3.8) is 0 Å². The van der Waals surface area contributed by atoms with Gasteiger partial charge in [0.25, 0.3) is 0 Å². The number of aryl methyl sites for hydroxylation is 1. The fourth-order valence-electron chi connectivity index (χ4n) is 2.97. The van der Waals surface area contributed by atoms with Gasteiger partial charge in [0.15, 0.2) is 5.78 Å². The van der Waals surface area contributed by atoms with Gasteiger partial charge in [-0.2, -0.15) is 0 Å². The van der Waals surface area contributed by atoms with E-state index in [-0.39, 0.29) is 12.4 Å². The van der Waals surface area contributed by atoms with Crippen LogP contribution in [-0.4, -0.2) is 23.4 Å². The van der Waals surface area contributed by atoms with Crippen LogP contribution in [-0.2, 0) is 12.8 Å². The van der Waals surface area contributed by atoms with Gasteiger partial charge in [-0.3, -0.25) is 4.79 Å². The first-order valence-corrected chi connectivity index (χ1v) is 6.81. The number of rotatable bonds is 3. The van der Waals surface area contributed by atoms with Crippen LogP contribution in [0, 0.1) is 19.3 Å². The van der Waals surface area contributed by atoms with E-state index in [1.54, 1.807) is 0 Å². The molecule has 0 saturated heterocycles. The highest BCUT2D eigenvalue weighted by atomic mass is 35.5. The summed E-state index contributed by atoms with van der Waals surface area (Å²) in [5.74, 6) is 0.639. The lowest BCUT2D eigenvalue weighted by molar-refractivity contribution is 0.0722. The molecule has 0 amide bonds. The summed E-state index contributed by atoms with van der Waals surface area (Å²) in [4.78, 5) is 12.4. The van der Waals surface area contributed by atoms with Crippen LogP contribution >= 0.6 is 11.6 Å². The number of fused-ring (bicyclic) bond motifs is 1. The number of aliphatic hydroxyl groups is 1. The summed E-state index contributed by atoms with van der Waals surface area (Å²) in [6.45, 7) is 5.80. The summed E-state index contributed by atoms with van der Waals surface area (Å²) >= 11 is 5.83. The Morgan fingerprint density at radius 1 is 1.44 bits per heavy atom. The molecule has 0 bridgehead atoms. The molecule has 0 heterocycles. The Morgan fingerprint density at radius 2 is 2.11 bits per heavy atom. The van der Waals surface area contributed by atoms with Gasteiger partial charge in [-0.15, -0.1) is 11.6 Å². The van der Waals surface area contributed by atoms with Crippen LogP contribution in [0.4, 0.5) is 0 Å². The van der Waals surface area contributed by atoms with Crippen LogP contribution in [0.15, 0.2) is 6.07 Å². The Morgan fingerprint density at radius 3 is 2.67 bits per heavy atom. The monoisotopic (exact) mass is 266 g/mol. The minimum Gasteiger partial charge on any atom is -0.395 e. The van der Waals surface area contributed by atoms with E-state index >= 15 is 0 Å². The number of hydrogen-bond donors (Lipinski definition) is 1. The zero-order valence-corrected chi connectivity index (χ0v) is 11.9. The van der Waals surface area contributed by atoms with Gasteiger partial charge in [-0.25, -0.2) is 0 Å². The molecule has 1 aromatic carbocycles. The smallest absolute Gasteiger partial charge is 0.171 e. The van der Waals surface area contributed by atoms with Gasteiger partial charge < -0.3 is 5.11 Å². The Hall–Kier alpha value is -0.860. The number of benzene rings is 1. The first-order valence-electron chi connectivity index (χ1n) is 6.28. The van der Waals surface area contributed by atoms with Crippen LogP contribution in [0.2, 0.25) is 0 Å². The first kappa shape index (κ1) is 13.6. The molecule has 18 heavy (non-hydrogen) atoms. The lowest BCUT2D eigenvalue weighted by Gasteiger charge is -2.17. The molecule has 2 rings (SSSR count). The number of halogens is 1. The lowest BCUT2D eigenvalue weighted by atomic mass is 9.86. The maximum Gasteiger partial charge on any atom is 0.171 e. The van der Waals surface area contributed by atoms with Crippen LogP contribution < -0.4 is 0 Å². The number of alkyl halides is 1. The van der Waals surface area contributed by atoms with Crippen molar-refractivity contribution in [2.75, 3.05) is 12.5 Å². The average molecular weight is 267 g/mol. The second-order valence-electron chi connectivity index (χ2n) is 5.49. The van der Waals surface area contributed by atoms with E-state index in [1.807, 2.05) is 13.8 Å². The molecule has 0 unspecified atom stereocenters. The molecule has 0 spiro atoms. The quantitative estimate of drug-likeness (QED) is 0.855. The molecule has 0 fully saturated rings. The van der Waals surface area contributed by atoms with Crippen molar-refractivity contribution in [2.45, 2.75) is 33.6 Å². The summed E-state index contributed by atoms with van der Waals surface area (Å²) in [6.07, 6.45) is 1.43. The normalized spacial score (nSPS) is 22.4. The predicted octanol–water partition coefficient (Wildman–Crippen LogP) is 2.82. The van der Waals surface area contributed by atoms with Gasteiger partial charge in [0.05, 0.1) is 12.0 Å². The molecule has 0 radical (unpaired) electrons. The number of carbonyl (C=O) groups is 1. The average Bonchev–Trinajstić information content (AvgIpc) is 2.58. The third kappa shape index (κ3) is 1.88. The number of aliphatic hydroxyl groups excluding tert-OH is 1. The minimum absolute atomic E-state index is 0.0772. The van der Waals surface area contributed by atoms with Crippen molar-refractivity contribution < 1.29 is 9.90 Å². The standard InChI is InChI=1S/C15H19ClO2/c1-9-6-11-7-15(3,8-17)14(18)13(11)10(2)12(9)4-5-16/h6,17H,4-5,7-8H2,1-3H3/t15-/m0/s1. The number of hydrogen-bond acceptors (Lipinski definition) is 2. The second-order valence-corrected chi connectivity index (χ2v) is 5.87. The van der Waals surface area contributed by atoms with E-state index in [0.717, 1.165) is 23.1 Å². The van der Waals surface area contributed by atoms with Crippen molar-refractivity contribution in [3.05, 3.63) is 33.9 Å². The summed E-state index contributed by atoms with van der Waals surface area (Å²) in [7, 11) is 0. The van der Waals surface area contributed by atoms with E-state index in [4.69, 9.17) is 11.6 Å². The van der Waals surface area contributed by atoms with E-state index in [9.17, 15) is 9.90 Å². The van der Waals surface area contributed by atoms with E-state index in [2.05, 4.69) is 13.0 Å². The number of ketones is 1. The third-order valence-corrected chi connectivity index (χ3v) is 4.25. The van der Waals surface area contributed by atoms with Crippen molar-refractivity contribution >= 4 is 17.4 Å². The minimum atomic E-state index is -0.640. The summed E-state index contributed by atoms with van der Waals surface area (Å²) in [5, 5.41) is 9.46. The highest BCUT2D eigenvalue weighted by Gasteiger charge is 2.42. The Balaban J connectivity index is 2.59. The predicted molar refractivity (Wildman–Crippen MR) is 73.6 cm³/mol. The van der Waals surface area contributed by atoms with Crippen molar-refractivity contribution in [3.8, 4) is 0 Å². The Labute approximate surface area is 113 Å². The zero-order valence-electron chi connectivity index (χ0n) is 11.1. The topological polar surface area (TPSA) is 37.3 Å². The van der Waals surface area contributed by atoms with Crippen molar-refractivity contribution in [2.24, 2.45) is 5.41 Å². The molecule has 0 aliphatic heterocycles. The van der Waals surface area contributed by atoms with Gasteiger partial charge in [0, 0.05) is 11.4 Å². The molecule has 1 N–H and O–H groups in total. The van der Waals surface area contributed by atoms with Gasteiger partial charge in [0.2, 0.25) is 0 Å². The molecule has 2 nitrogen and oxygen atoms in total. The fourth-order valence-corrected chi connectivity index (χ4v) is 3.16. The molecule has 1 aromatic rings.